The Labute approximate surface area is 65.3 Å². The average Bonchev–Trinajstić information content (AvgIpc) is 1.88. The summed E-state index contributed by atoms with van der Waals surface area (Å²) in [7, 11) is 0. The minimum Gasteiger partial charge on any atom is -0.412 e. The van der Waals surface area contributed by atoms with Crippen molar-refractivity contribution in [3.05, 3.63) is 0 Å². The third-order valence-electron chi connectivity index (χ3n) is 1.000. The maximum Gasteiger partial charge on any atom is -0.0564 e. The molecule has 0 saturated carbocycles. The molecule has 0 bridgehead atoms. The van der Waals surface area contributed by atoms with Crippen LogP contribution in [0.3, 0.4) is 0 Å². The van der Waals surface area contributed by atoms with Crippen molar-refractivity contribution in [2.24, 2.45) is 0 Å². The van der Waals surface area contributed by atoms with Crippen molar-refractivity contribution in [2.45, 2.75) is 53.4 Å². The molecule has 0 rings (SSSR count). The molecular weight excluding hydrogens is 128 g/mol. The van der Waals surface area contributed by atoms with Crippen molar-refractivity contribution in [1.82, 2.24) is 0 Å². The van der Waals surface area contributed by atoms with Crippen molar-refractivity contribution in [3.63, 3.8) is 0 Å². The topological polar surface area (TPSA) is 63.0 Å². The highest BCUT2D eigenvalue weighted by Crippen LogP contribution is 1.77. The second-order valence-corrected chi connectivity index (χ2v) is 2.00. The molecule has 0 aromatic rings. The maximum atomic E-state index is 2.18. The van der Waals surface area contributed by atoms with E-state index in [-0.39, 0.29) is 11.0 Å². The van der Waals surface area contributed by atoms with Gasteiger partial charge in [0.25, 0.3) is 0 Å². The van der Waals surface area contributed by atoms with Crippen LogP contribution in [0.5, 0.6) is 0 Å². The van der Waals surface area contributed by atoms with Crippen LogP contribution in [0.2, 0.25) is 0 Å². The Bertz CT molecular complexity index is 15.2. The van der Waals surface area contributed by atoms with Gasteiger partial charge in [0.1, 0.15) is 0 Å². The fourth-order valence-corrected chi connectivity index (χ4v) is 0. The van der Waals surface area contributed by atoms with Gasteiger partial charge in [-0.2, -0.15) is 0 Å². The molecule has 4 N–H and O–H groups in total. The molecule has 0 aliphatic heterocycles. The Hall–Kier alpha value is -0.0800. The van der Waals surface area contributed by atoms with E-state index in [1.165, 1.54) is 25.7 Å². The number of rotatable bonds is 2. The van der Waals surface area contributed by atoms with E-state index >= 15 is 0 Å². The molecule has 0 heterocycles. The van der Waals surface area contributed by atoms with Gasteiger partial charge in [0.15, 0.2) is 0 Å². The summed E-state index contributed by atoms with van der Waals surface area (Å²) in [6.45, 7) is 8.72. The van der Waals surface area contributed by atoms with Crippen LogP contribution in [0.4, 0.5) is 0 Å². The van der Waals surface area contributed by atoms with E-state index in [4.69, 9.17) is 0 Å². The zero-order valence-corrected chi connectivity index (χ0v) is 7.83. The van der Waals surface area contributed by atoms with Crippen LogP contribution in [-0.4, -0.2) is 11.0 Å². The van der Waals surface area contributed by atoms with Gasteiger partial charge in [-0.15, -0.1) is 0 Å². The van der Waals surface area contributed by atoms with E-state index in [0.717, 1.165) is 0 Å². The van der Waals surface area contributed by atoms with Crippen LogP contribution >= 0.6 is 0 Å². The molecule has 0 aliphatic carbocycles. The lowest BCUT2D eigenvalue weighted by atomic mass is 10.4. The molecule has 10 heavy (non-hydrogen) atoms. The molecule has 0 aromatic heterocycles. The molecule has 2 nitrogen and oxygen atoms in total. The van der Waals surface area contributed by atoms with E-state index in [1.54, 1.807) is 0 Å². The first kappa shape index (κ1) is 22.5. The normalized spacial score (nSPS) is 6.00. The Morgan fingerprint density at radius 2 is 0.600 bits per heavy atom. The Balaban J connectivity index is -0.0000000300. The van der Waals surface area contributed by atoms with E-state index in [1.807, 2.05) is 0 Å². The first-order valence-corrected chi connectivity index (χ1v) is 3.83. The van der Waals surface area contributed by atoms with Gasteiger partial charge in [-0.1, -0.05) is 53.4 Å². The van der Waals surface area contributed by atoms with Crippen LogP contribution in [0.15, 0.2) is 0 Å². The van der Waals surface area contributed by atoms with Crippen molar-refractivity contribution in [1.29, 1.82) is 0 Å². The lowest BCUT2D eigenvalue weighted by molar-refractivity contribution is 0.823. The van der Waals surface area contributed by atoms with Gasteiger partial charge >= 0.3 is 0 Å². The van der Waals surface area contributed by atoms with Gasteiger partial charge in [-0.3, -0.25) is 0 Å². The molecule has 0 aliphatic rings. The quantitative estimate of drug-likeness (QED) is 0.580. The zero-order valence-electron chi connectivity index (χ0n) is 7.83. The maximum absolute atomic E-state index is 2.18. The first-order valence-electron chi connectivity index (χ1n) is 3.83. The van der Waals surface area contributed by atoms with Gasteiger partial charge in [0.2, 0.25) is 0 Å². The molecule has 68 valence electrons. The Morgan fingerprint density at radius 3 is 0.600 bits per heavy atom. The lowest BCUT2D eigenvalue weighted by Crippen LogP contribution is -1.47. The fourth-order valence-electron chi connectivity index (χ4n) is 0. The van der Waals surface area contributed by atoms with Gasteiger partial charge in [-0.05, 0) is 0 Å². The number of hydrogen-bond donors (Lipinski definition) is 0. The third kappa shape index (κ3) is 103. The summed E-state index contributed by atoms with van der Waals surface area (Å²) in [5.74, 6) is 0. The second-order valence-electron chi connectivity index (χ2n) is 2.00. The lowest BCUT2D eigenvalue weighted by Gasteiger charge is -1.68. The predicted molar refractivity (Wildman–Crippen MR) is 48.4 cm³/mol. The largest absolute Gasteiger partial charge is 0.412 e. The highest BCUT2D eigenvalue weighted by molar-refractivity contribution is 4.13. The van der Waals surface area contributed by atoms with Crippen LogP contribution in [0.25, 0.3) is 0 Å². The minimum absolute atomic E-state index is 0. The average molecular weight is 152 g/mol. The number of unbranched alkanes of at least 4 members (excludes halogenated alkanes) is 2. The molecule has 0 spiro atoms. The van der Waals surface area contributed by atoms with Crippen LogP contribution in [-0.2, 0) is 0 Å². The van der Waals surface area contributed by atoms with Gasteiger partial charge in [0, 0.05) is 0 Å². The molecule has 0 amide bonds. The second kappa shape index (κ2) is 36.4. The summed E-state index contributed by atoms with van der Waals surface area (Å²) in [6, 6.07) is 0. The van der Waals surface area contributed by atoms with Crippen LogP contribution < -0.4 is 0 Å². The summed E-state index contributed by atoms with van der Waals surface area (Å²) in [6.07, 6.45) is 5.28. The van der Waals surface area contributed by atoms with Crippen LogP contribution in [0.1, 0.15) is 53.4 Å². The third-order valence-corrected chi connectivity index (χ3v) is 1.000. The van der Waals surface area contributed by atoms with E-state index in [9.17, 15) is 0 Å². The first-order chi connectivity index (χ1) is 3.83. The molecule has 0 saturated heterocycles. The highest BCUT2D eigenvalue weighted by Gasteiger charge is 1.56. The summed E-state index contributed by atoms with van der Waals surface area (Å²) >= 11 is 0. The van der Waals surface area contributed by atoms with Gasteiger partial charge < -0.3 is 11.0 Å². The number of hydrogen-bond acceptors (Lipinski definition) is 0. The minimum atomic E-state index is 0. The molecule has 0 atom stereocenters. The van der Waals surface area contributed by atoms with Crippen molar-refractivity contribution >= 4 is 0 Å². The Kier molecular flexibility index (Phi) is 82.0. The monoisotopic (exact) mass is 152 g/mol. The summed E-state index contributed by atoms with van der Waals surface area (Å²) < 4.78 is 0. The smallest absolute Gasteiger partial charge is 0.0564 e. The van der Waals surface area contributed by atoms with Gasteiger partial charge in [0.05, 0.1) is 0 Å². The molecule has 0 unspecified atom stereocenters. The summed E-state index contributed by atoms with van der Waals surface area (Å²) in [5.41, 5.74) is 0. The fraction of sp³-hybridized carbons (Fsp3) is 1.00. The zero-order chi connectivity index (χ0) is 6.83. The summed E-state index contributed by atoms with van der Waals surface area (Å²) in [4.78, 5) is 0. The molecule has 0 fully saturated rings. The van der Waals surface area contributed by atoms with Crippen molar-refractivity contribution in [2.75, 3.05) is 0 Å². The SMILES string of the molecule is CCCC.CCCC.O.O. The summed E-state index contributed by atoms with van der Waals surface area (Å²) in [5, 5.41) is 0. The van der Waals surface area contributed by atoms with E-state index in [2.05, 4.69) is 27.7 Å². The van der Waals surface area contributed by atoms with Gasteiger partial charge in [-0.25, -0.2) is 0 Å². The Morgan fingerprint density at radius 1 is 0.500 bits per heavy atom. The van der Waals surface area contributed by atoms with Crippen molar-refractivity contribution in [3.8, 4) is 0 Å². The highest BCUT2D eigenvalue weighted by atomic mass is 16.0. The predicted octanol–water partition coefficient (Wildman–Crippen LogP) is 1.96. The van der Waals surface area contributed by atoms with E-state index < -0.39 is 0 Å². The molecule has 0 aromatic carbocycles. The van der Waals surface area contributed by atoms with E-state index in [0.29, 0.717) is 0 Å². The molecular formula is C8H24O2. The molecule has 0 radical (unpaired) electrons. The van der Waals surface area contributed by atoms with Crippen LogP contribution in [0, 0.1) is 0 Å². The standard InChI is InChI=1S/2C4H10.2H2O/c2*1-3-4-2;;/h2*3-4H2,1-2H3;2*1H2. The van der Waals surface area contributed by atoms with Crippen molar-refractivity contribution < 1.29 is 11.0 Å². The molecule has 2 heteroatoms.